The average Bonchev–Trinajstić information content (AvgIpc) is 2.90. The van der Waals surface area contributed by atoms with Crippen LogP contribution < -0.4 is 0 Å². The van der Waals surface area contributed by atoms with E-state index in [0.717, 1.165) is 12.1 Å². The number of esters is 1. The van der Waals surface area contributed by atoms with Crippen LogP contribution in [0.5, 0.6) is 0 Å². The van der Waals surface area contributed by atoms with E-state index in [1.165, 1.54) is 4.52 Å². The molecule has 118 valence electrons. The van der Waals surface area contributed by atoms with Crippen LogP contribution >= 0.6 is 15.9 Å². The Hall–Kier alpha value is -2.28. The highest BCUT2D eigenvalue weighted by atomic mass is 79.9. The van der Waals surface area contributed by atoms with Crippen molar-refractivity contribution < 1.29 is 18.3 Å². The quantitative estimate of drug-likeness (QED) is 0.504. The van der Waals surface area contributed by atoms with Crippen LogP contribution in [0.2, 0.25) is 0 Å². The van der Waals surface area contributed by atoms with Crippen molar-refractivity contribution in [2.24, 2.45) is 0 Å². The highest BCUT2D eigenvalue weighted by Gasteiger charge is 2.24. The van der Waals surface area contributed by atoms with Gasteiger partial charge in [0.05, 0.1) is 16.6 Å². The number of pyridine rings is 1. The van der Waals surface area contributed by atoms with Gasteiger partial charge in [-0.25, -0.2) is 18.1 Å². The Morgan fingerprint density at radius 3 is 2.83 bits per heavy atom. The van der Waals surface area contributed by atoms with Crippen LogP contribution in [-0.2, 0) is 4.74 Å². The lowest BCUT2D eigenvalue weighted by Gasteiger charge is -2.05. The van der Waals surface area contributed by atoms with Crippen molar-refractivity contribution in [3.63, 3.8) is 0 Å². The van der Waals surface area contributed by atoms with Gasteiger partial charge in [0.15, 0.2) is 0 Å². The normalized spacial score (nSPS) is 11.0. The van der Waals surface area contributed by atoms with Crippen molar-refractivity contribution in [1.29, 1.82) is 0 Å². The van der Waals surface area contributed by atoms with Gasteiger partial charge in [-0.2, -0.15) is 5.10 Å². The van der Waals surface area contributed by atoms with Gasteiger partial charge in [0.1, 0.15) is 22.9 Å². The zero-order valence-corrected chi connectivity index (χ0v) is 13.6. The number of ether oxygens (including phenoxy) is 1. The number of aromatic nitrogens is 2. The number of halogens is 3. The van der Waals surface area contributed by atoms with Gasteiger partial charge in [-0.15, -0.1) is 0 Å². The average molecular weight is 381 g/mol. The highest BCUT2D eigenvalue weighted by molar-refractivity contribution is 9.10. The van der Waals surface area contributed by atoms with Crippen molar-refractivity contribution in [1.82, 2.24) is 9.61 Å². The van der Waals surface area contributed by atoms with E-state index in [4.69, 9.17) is 4.74 Å². The van der Waals surface area contributed by atoms with E-state index >= 15 is 0 Å². The summed E-state index contributed by atoms with van der Waals surface area (Å²) in [5.41, 5.74) is 0.507. The van der Waals surface area contributed by atoms with Gasteiger partial charge < -0.3 is 4.74 Å². The maximum atomic E-state index is 14.3. The third-order valence-electron chi connectivity index (χ3n) is 3.28. The topological polar surface area (TPSA) is 43.6 Å². The predicted octanol–water partition coefficient (Wildman–Crippen LogP) is 4.22. The fraction of sp³-hybridized carbons (Fsp3) is 0.125. The molecule has 0 radical (unpaired) electrons. The molecule has 3 aromatic rings. The first-order chi connectivity index (χ1) is 11.0. The van der Waals surface area contributed by atoms with Gasteiger partial charge in [-0.1, -0.05) is 6.07 Å². The number of fused-ring (bicyclic) bond motifs is 1. The molecule has 0 bridgehead atoms. The zero-order valence-electron chi connectivity index (χ0n) is 12.0. The van der Waals surface area contributed by atoms with Crippen molar-refractivity contribution in [2.75, 3.05) is 6.61 Å². The molecule has 0 unspecified atom stereocenters. The Balaban J connectivity index is 2.31. The molecule has 0 amide bonds. The molecule has 23 heavy (non-hydrogen) atoms. The largest absolute Gasteiger partial charge is 0.462 e. The van der Waals surface area contributed by atoms with Gasteiger partial charge in [0, 0.05) is 11.8 Å². The molecule has 0 aliphatic heterocycles. The minimum atomic E-state index is -0.688. The highest BCUT2D eigenvalue weighted by Crippen LogP contribution is 2.31. The first-order valence-corrected chi connectivity index (χ1v) is 7.61. The summed E-state index contributed by atoms with van der Waals surface area (Å²) < 4.78 is 34.6. The Kier molecular flexibility index (Phi) is 4.12. The fourth-order valence-corrected chi connectivity index (χ4v) is 2.61. The molecular formula is C16H11BrF2N2O2. The molecule has 3 rings (SSSR count). The van der Waals surface area contributed by atoms with Gasteiger partial charge >= 0.3 is 5.97 Å². The van der Waals surface area contributed by atoms with E-state index in [9.17, 15) is 13.6 Å². The summed E-state index contributed by atoms with van der Waals surface area (Å²) >= 11 is 2.93. The number of carbonyl (C=O) groups is 1. The SMILES string of the molecule is CCOC(=O)c1c(-c2cc(F)c(Br)cc2F)nn2ccccc12. The number of rotatable bonds is 3. The van der Waals surface area contributed by atoms with E-state index in [0.29, 0.717) is 5.52 Å². The molecule has 0 saturated carbocycles. The fourth-order valence-electron chi connectivity index (χ4n) is 2.30. The van der Waals surface area contributed by atoms with Crippen LogP contribution in [0.25, 0.3) is 16.8 Å². The second-order valence-electron chi connectivity index (χ2n) is 4.72. The summed E-state index contributed by atoms with van der Waals surface area (Å²) in [5, 5.41) is 4.21. The summed E-state index contributed by atoms with van der Waals surface area (Å²) in [6.45, 7) is 1.84. The van der Waals surface area contributed by atoms with Crippen molar-refractivity contribution in [2.45, 2.75) is 6.92 Å². The minimum Gasteiger partial charge on any atom is -0.462 e. The van der Waals surface area contributed by atoms with Crippen LogP contribution in [0.1, 0.15) is 17.3 Å². The minimum absolute atomic E-state index is 0.000184. The smallest absolute Gasteiger partial charge is 0.342 e. The third kappa shape index (κ3) is 2.72. The Morgan fingerprint density at radius 2 is 2.09 bits per heavy atom. The monoisotopic (exact) mass is 380 g/mol. The lowest BCUT2D eigenvalue weighted by Crippen LogP contribution is -2.06. The first-order valence-electron chi connectivity index (χ1n) is 6.82. The first kappa shape index (κ1) is 15.6. The summed E-state index contributed by atoms with van der Waals surface area (Å²) in [4.78, 5) is 12.3. The maximum absolute atomic E-state index is 14.3. The summed E-state index contributed by atoms with van der Waals surface area (Å²) in [7, 11) is 0. The molecule has 0 aliphatic rings. The molecule has 0 saturated heterocycles. The Morgan fingerprint density at radius 1 is 1.30 bits per heavy atom. The van der Waals surface area contributed by atoms with Gasteiger partial charge in [0.2, 0.25) is 0 Å². The van der Waals surface area contributed by atoms with Gasteiger partial charge in [-0.05, 0) is 47.1 Å². The lowest BCUT2D eigenvalue weighted by atomic mass is 10.1. The lowest BCUT2D eigenvalue weighted by molar-refractivity contribution is 0.0529. The standard InChI is InChI=1S/C16H11BrF2N2O2/c1-2-23-16(22)14-13-5-3-4-6-21(13)20-15(14)9-7-12(19)10(17)8-11(9)18/h3-8H,2H2,1H3. The molecule has 2 heterocycles. The molecule has 2 aromatic heterocycles. The predicted molar refractivity (Wildman–Crippen MR) is 84.2 cm³/mol. The molecule has 0 atom stereocenters. The van der Waals surface area contributed by atoms with Gasteiger partial charge in [0.25, 0.3) is 0 Å². The second-order valence-corrected chi connectivity index (χ2v) is 5.58. The van der Waals surface area contributed by atoms with Crippen LogP contribution in [-0.4, -0.2) is 22.2 Å². The van der Waals surface area contributed by atoms with E-state index < -0.39 is 17.6 Å². The second kappa shape index (κ2) is 6.08. The van der Waals surface area contributed by atoms with Crippen molar-refractivity contribution in [3.05, 3.63) is 58.2 Å². The molecule has 0 aliphatic carbocycles. The Labute approximate surface area is 138 Å². The number of hydrogen-bond donors (Lipinski definition) is 0. The molecule has 0 fully saturated rings. The zero-order chi connectivity index (χ0) is 16.6. The van der Waals surface area contributed by atoms with Crippen LogP contribution in [0.3, 0.4) is 0 Å². The van der Waals surface area contributed by atoms with Crippen molar-refractivity contribution >= 4 is 27.4 Å². The van der Waals surface area contributed by atoms with Crippen LogP contribution in [0.4, 0.5) is 8.78 Å². The van der Waals surface area contributed by atoms with Crippen molar-refractivity contribution in [3.8, 4) is 11.3 Å². The molecule has 0 N–H and O–H groups in total. The third-order valence-corrected chi connectivity index (χ3v) is 3.89. The molecule has 4 nitrogen and oxygen atoms in total. The van der Waals surface area contributed by atoms with Crippen LogP contribution in [0.15, 0.2) is 41.0 Å². The van der Waals surface area contributed by atoms with E-state index in [-0.39, 0.29) is 27.9 Å². The molecule has 0 spiro atoms. The maximum Gasteiger partial charge on any atom is 0.342 e. The summed E-state index contributed by atoms with van der Waals surface area (Å²) in [6, 6.07) is 7.11. The van der Waals surface area contributed by atoms with E-state index in [1.807, 2.05) is 0 Å². The van der Waals surface area contributed by atoms with Gasteiger partial charge in [-0.3, -0.25) is 0 Å². The summed E-state index contributed by atoms with van der Waals surface area (Å²) in [5.74, 6) is -1.97. The molecule has 1 aromatic carbocycles. The Bertz CT molecular complexity index is 908. The molecule has 7 heteroatoms. The number of benzene rings is 1. The van der Waals surface area contributed by atoms with E-state index in [1.54, 1.807) is 31.3 Å². The summed E-state index contributed by atoms with van der Waals surface area (Å²) in [6.07, 6.45) is 1.62. The number of carbonyl (C=O) groups excluding carboxylic acids is 1. The molecular weight excluding hydrogens is 370 g/mol. The number of nitrogens with zero attached hydrogens (tertiary/aromatic N) is 2. The number of hydrogen-bond acceptors (Lipinski definition) is 3. The van der Waals surface area contributed by atoms with Crippen LogP contribution in [0, 0.1) is 11.6 Å². The van der Waals surface area contributed by atoms with E-state index in [2.05, 4.69) is 21.0 Å².